The third-order valence-electron chi connectivity index (χ3n) is 8.96. The van der Waals surface area contributed by atoms with Crippen LogP contribution in [0.25, 0.3) is 0 Å². The second kappa shape index (κ2) is 38.6. The van der Waals surface area contributed by atoms with Crippen molar-refractivity contribution in [2.75, 3.05) is 13.1 Å². The second-order valence-electron chi connectivity index (χ2n) is 13.3. The van der Waals surface area contributed by atoms with Gasteiger partial charge in [0.05, 0.1) is 0 Å². The summed E-state index contributed by atoms with van der Waals surface area (Å²) in [5, 5.41) is 3.65. The molecule has 1 unspecified atom stereocenters. The summed E-state index contributed by atoms with van der Waals surface area (Å²) in [6.07, 6.45) is 59.2. The Labute approximate surface area is 284 Å². The molecule has 0 aliphatic heterocycles. The second-order valence-corrected chi connectivity index (χ2v) is 13.3. The molecule has 1 nitrogen and oxygen atoms in total. The van der Waals surface area contributed by atoms with Crippen molar-refractivity contribution in [2.45, 2.75) is 182 Å². The Morgan fingerprint density at radius 3 is 1.20 bits per heavy atom. The van der Waals surface area contributed by atoms with Gasteiger partial charge in [0, 0.05) is 0 Å². The highest BCUT2D eigenvalue weighted by atomic mass is 14.8. The number of nitrogens with one attached hydrogen (secondary N) is 1. The molecule has 0 amide bonds. The first kappa shape index (κ1) is 43.4. The van der Waals surface area contributed by atoms with Gasteiger partial charge in [-0.1, -0.05) is 178 Å². The van der Waals surface area contributed by atoms with E-state index >= 15 is 0 Å². The van der Waals surface area contributed by atoms with Crippen LogP contribution in [0.2, 0.25) is 0 Å². The third kappa shape index (κ3) is 35.1. The highest BCUT2D eigenvalue weighted by Crippen LogP contribution is 2.28. The molecule has 0 saturated heterocycles. The lowest BCUT2D eigenvalue weighted by atomic mass is 9.82. The van der Waals surface area contributed by atoms with E-state index in [4.69, 9.17) is 0 Å². The fraction of sp³-hybridized carbons (Fsp3) is 0.727. The van der Waals surface area contributed by atoms with Crippen LogP contribution in [0.5, 0.6) is 0 Å². The summed E-state index contributed by atoms with van der Waals surface area (Å²) in [4.78, 5) is 0. The van der Waals surface area contributed by atoms with Crippen LogP contribution in [-0.4, -0.2) is 13.1 Å². The minimum absolute atomic E-state index is 0.859. The molecule has 0 heterocycles. The van der Waals surface area contributed by atoms with Gasteiger partial charge in [-0.25, -0.2) is 0 Å². The zero-order valence-electron chi connectivity index (χ0n) is 31.0. The molecule has 0 aromatic carbocycles. The molecule has 0 radical (unpaired) electrons. The maximum atomic E-state index is 3.65. The Hall–Kier alpha value is -1.60. The molecule has 0 bridgehead atoms. The molecule has 260 valence electrons. The lowest BCUT2D eigenvalue weighted by Crippen LogP contribution is -2.21. The zero-order valence-corrected chi connectivity index (χ0v) is 31.0. The number of hydrogen-bond donors (Lipinski definition) is 1. The first-order valence-corrected chi connectivity index (χ1v) is 19.9. The predicted octanol–water partition coefficient (Wildman–Crippen LogP) is 14.6. The van der Waals surface area contributed by atoms with E-state index in [9.17, 15) is 0 Å². The van der Waals surface area contributed by atoms with Crippen LogP contribution in [0.3, 0.4) is 0 Å². The fourth-order valence-electron chi connectivity index (χ4n) is 5.99. The number of unbranched alkanes of at least 4 members (excludes halogenated alkanes) is 12. The van der Waals surface area contributed by atoms with Gasteiger partial charge in [0.15, 0.2) is 0 Å². The highest BCUT2D eigenvalue weighted by Gasteiger charge is 2.16. The van der Waals surface area contributed by atoms with Crippen LogP contribution in [-0.2, 0) is 0 Å². The molecule has 1 heteroatoms. The van der Waals surface area contributed by atoms with E-state index in [0.717, 1.165) is 50.4 Å². The van der Waals surface area contributed by atoms with Gasteiger partial charge < -0.3 is 5.32 Å². The summed E-state index contributed by atoms with van der Waals surface area (Å²) >= 11 is 0. The summed E-state index contributed by atoms with van der Waals surface area (Å²) in [6, 6.07) is 0. The Morgan fingerprint density at radius 2 is 0.778 bits per heavy atom. The SMILES string of the molecule is CCC=CCC=CCC=CCCCCCCCCC(CCCCCCCCC=CCC=CCC=CCC)C(C)CCNCCC. The predicted molar refractivity (Wildman–Crippen MR) is 208 cm³/mol. The Kier molecular flexibility index (Phi) is 37.2. The quantitative estimate of drug-likeness (QED) is 0.0557. The lowest BCUT2D eigenvalue weighted by molar-refractivity contribution is 0.278. The molecule has 45 heavy (non-hydrogen) atoms. The summed E-state index contributed by atoms with van der Waals surface area (Å²) in [5.41, 5.74) is 0. The Morgan fingerprint density at radius 1 is 0.400 bits per heavy atom. The maximum Gasteiger partial charge on any atom is -0.00463 e. The zero-order chi connectivity index (χ0) is 32.7. The van der Waals surface area contributed by atoms with Crippen LogP contribution in [0, 0.1) is 11.8 Å². The van der Waals surface area contributed by atoms with Crippen LogP contribution < -0.4 is 5.32 Å². The normalized spacial score (nSPS) is 14.1. The molecule has 0 aromatic heterocycles. The van der Waals surface area contributed by atoms with Crippen molar-refractivity contribution in [2.24, 2.45) is 11.8 Å². The van der Waals surface area contributed by atoms with Gasteiger partial charge in [-0.15, -0.1) is 0 Å². The highest BCUT2D eigenvalue weighted by molar-refractivity contribution is 4.98. The van der Waals surface area contributed by atoms with Crippen LogP contribution in [0.1, 0.15) is 182 Å². The molecule has 0 saturated carbocycles. The molecule has 0 aromatic rings. The van der Waals surface area contributed by atoms with Crippen LogP contribution in [0.4, 0.5) is 0 Å². The molecular weight excluding hydrogens is 542 g/mol. The van der Waals surface area contributed by atoms with Crippen molar-refractivity contribution < 1.29 is 0 Å². The third-order valence-corrected chi connectivity index (χ3v) is 8.96. The van der Waals surface area contributed by atoms with E-state index < -0.39 is 0 Å². The van der Waals surface area contributed by atoms with Crippen molar-refractivity contribution in [3.63, 3.8) is 0 Å². The molecule has 0 rings (SSSR count). The first-order chi connectivity index (χ1) is 22.3. The van der Waals surface area contributed by atoms with Crippen molar-refractivity contribution in [3.8, 4) is 0 Å². The van der Waals surface area contributed by atoms with E-state index in [1.165, 1.54) is 129 Å². The van der Waals surface area contributed by atoms with Crippen LogP contribution in [0.15, 0.2) is 72.9 Å². The Bertz CT molecular complexity index is 682. The minimum atomic E-state index is 0.859. The molecule has 1 atom stereocenters. The van der Waals surface area contributed by atoms with E-state index in [1.54, 1.807) is 0 Å². The van der Waals surface area contributed by atoms with Gasteiger partial charge in [0.1, 0.15) is 0 Å². The molecule has 0 spiro atoms. The van der Waals surface area contributed by atoms with E-state index in [2.05, 4.69) is 106 Å². The number of rotatable bonds is 34. The monoisotopic (exact) mass is 622 g/mol. The first-order valence-electron chi connectivity index (χ1n) is 19.9. The smallest absolute Gasteiger partial charge is 0.00463 e. The van der Waals surface area contributed by atoms with Gasteiger partial charge in [-0.2, -0.15) is 0 Å². The van der Waals surface area contributed by atoms with E-state index in [1.807, 2.05) is 0 Å². The lowest BCUT2D eigenvalue weighted by Gasteiger charge is -2.24. The molecule has 0 fully saturated rings. The minimum Gasteiger partial charge on any atom is -0.317 e. The summed E-state index contributed by atoms with van der Waals surface area (Å²) in [6.45, 7) is 11.6. The van der Waals surface area contributed by atoms with Gasteiger partial charge >= 0.3 is 0 Å². The average molecular weight is 622 g/mol. The summed E-state index contributed by atoms with van der Waals surface area (Å²) in [5.74, 6) is 1.79. The van der Waals surface area contributed by atoms with E-state index in [0.29, 0.717) is 0 Å². The van der Waals surface area contributed by atoms with Gasteiger partial charge in [0.2, 0.25) is 0 Å². The van der Waals surface area contributed by atoms with Gasteiger partial charge in [0.25, 0.3) is 0 Å². The maximum absolute atomic E-state index is 3.65. The number of allylic oxidation sites excluding steroid dienone is 12. The largest absolute Gasteiger partial charge is 0.317 e. The fourth-order valence-corrected chi connectivity index (χ4v) is 5.99. The van der Waals surface area contributed by atoms with Gasteiger partial charge in [-0.05, 0) is 102 Å². The standard InChI is InChI=1S/C44H79N/c1-5-8-10-12-14-16-18-20-22-24-26-28-30-32-34-36-38-44(43(4)40-42-45-41-7-3)39-37-35-33-31-29-27-25-23-21-19-17-15-13-11-9-6-2/h8-11,14-17,20-23,43-45H,5-7,12-13,18-19,24-42H2,1-4H3. The topological polar surface area (TPSA) is 12.0 Å². The summed E-state index contributed by atoms with van der Waals surface area (Å²) < 4.78 is 0. The van der Waals surface area contributed by atoms with Crippen molar-refractivity contribution in [3.05, 3.63) is 72.9 Å². The molecule has 0 aliphatic rings. The molecular formula is C44H79N. The van der Waals surface area contributed by atoms with Crippen LogP contribution >= 0.6 is 0 Å². The van der Waals surface area contributed by atoms with Crippen molar-refractivity contribution >= 4 is 0 Å². The van der Waals surface area contributed by atoms with Crippen molar-refractivity contribution in [1.82, 2.24) is 5.32 Å². The Balaban J connectivity index is 3.99. The van der Waals surface area contributed by atoms with Gasteiger partial charge in [-0.3, -0.25) is 0 Å². The molecule has 1 N–H and O–H groups in total. The summed E-state index contributed by atoms with van der Waals surface area (Å²) in [7, 11) is 0. The van der Waals surface area contributed by atoms with E-state index in [-0.39, 0.29) is 0 Å². The average Bonchev–Trinajstić information content (AvgIpc) is 3.05. The molecule has 0 aliphatic carbocycles. The number of hydrogen-bond acceptors (Lipinski definition) is 1. The van der Waals surface area contributed by atoms with Crippen molar-refractivity contribution in [1.29, 1.82) is 0 Å².